The molecule has 0 saturated carbocycles. The van der Waals surface area contributed by atoms with Crippen LogP contribution in [0.4, 0.5) is 10.5 Å². The fourth-order valence-electron chi connectivity index (χ4n) is 2.83. The first-order valence-electron chi connectivity index (χ1n) is 8.22. The highest BCUT2D eigenvalue weighted by molar-refractivity contribution is 7.07. The van der Waals surface area contributed by atoms with Gasteiger partial charge in [-0.25, -0.2) is 14.8 Å². The van der Waals surface area contributed by atoms with Gasteiger partial charge in [0.2, 0.25) is 0 Å². The molecule has 8 heteroatoms. The van der Waals surface area contributed by atoms with Crippen molar-refractivity contribution in [1.82, 2.24) is 15.0 Å². The molecule has 0 radical (unpaired) electrons. The smallest absolute Gasteiger partial charge is 0.319 e. The Morgan fingerprint density at radius 2 is 2.07 bits per heavy atom. The van der Waals surface area contributed by atoms with Gasteiger partial charge in [-0.2, -0.15) is 0 Å². The van der Waals surface area contributed by atoms with Crippen LogP contribution >= 0.6 is 11.3 Å². The van der Waals surface area contributed by atoms with Gasteiger partial charge in [-0.05, 0) is 35.9 Å². The number of amides is 2. The quantitative estimate of drug-likeness (QED) is 0.551. The first-order valence-corrected chi connectivity index (χ1v) is 9.16. The number of aromatic nitrogens is 3. The van der Waals surface area contributed by atoms with E-state index in [1.807, 2.05) is 47.8 Å². The highest BCUT2D eigenvalue weighted by atomic mass is 32.1. The number of aromatic amines is 1. The Morgan fingerprint density at radius 1 is 1.26 bits per heavy atom. The Hall–Kier alpha value is -3.39. The normalized spacial score (nSPS) is 10.9. The predicted molar refractivity (Wildman–Crippen MR) is 106 cm³/mol. The first-order chi connectivity index (χ1) is 13.1. The number of nitrogens with one attached hydrogen (secondary N) is 1. The zero-order valence-corrected chi connectivity index (χ0v) is 15.4. The van der Waals surface area contributed by atoms with E-state index in [1.54, 1.807) is 12.6 Å². The molecule has 27 heavy (non-hydrogen) atoms. The molecule has 0 unspecified atom stereocenters. The zero-order chi connectivity index (χ0) is 18.8. The van der Waals surface area contributed by atoms with E-state index in [-0.39, 0.29) is 0 Å². The largest absolute Gasteiger partial charge is 0.497 e. The Balaban J connectivity index is 1.65. The summed E-state index contributed by atoms with van der Waals surface area (Å²) in [6.07, 6.45) is 0. The van der Waals surface area contributed by atoms with Gasteiger partial charge in [-0.15, -0.1) is 11.3 Å². The summed E-state index contributed by atoms with van der Waals surface area (Å²) in [6.45, 7) is 0.359. The van der Waals surface area contributed by atoms with Crippen LogP contribution < -0.4 is 15.4 Å². The third-order valence-corrected chi connectivity index (χ3v) is 4.80. The Kier molecular flexibility index (Phi) is 4.47. The van der Waals surface area contributed by atoms with Gasteiger partial charge in [0.25, 0.3) is 0 Å². The summed E-state index contributed by atoms with van der Waals surface area (Å²) in [5, 5.41) is 1.93. The van der Waals surface area contributed by atoms with Crippen molar-refractivity contribution >= 4 is 34.1 Å². The van der Waals surface area contributed by atoms with E-state index in [1.165, 1.54) is 16.2 Å². The molecular formula is C19H17N5O2S. The molecule has 0 saturated heterocycles. The number of primary amides is 1. The number of thiazole rings is 1. The van der Waals surface area contributed by atoms with Crippen molar-refractivity contribution in [2.75, 3.05) is 12.0 Å². The van der Waals surface area contributed by atoms with Gasteiger partial charge in [0.15, 0.2) is 5.82 Å². The number of ether oxygens (including phenoxy) is 1. The maximum absolute atomic E-state index is 12.0. The van der Waals surface area contributed by atoms with Gasteiger partial charge >= 0.3 is 6.03 Å². The third-order valence-electron chi connectivity index (χ3n) is 4.22. The van der Waals surface area contributed by atoms with E-state index in [2.05, 4.69) is 15.0 Å². The standard InChI is InChI=1S/C19H17N5O2S/c1-26-14-5-2-12(3-6-14)9-24(19(20)25)13-4-7-15-16(8-13)23-18(22-15)17-10-27-11-21-17/h2-8,10-11H,9H2,1H3,(H2,20,25)(H,22,23). The van der Waals surface area contributed by atoms with E-state index >= 15 is 0 Å². The molecule has 2 aromatic heterocycles. The maximum Gasteiger partial charge on any atom is 0.319 e. The second kappa shape index (κ2) is 7.08. The van der Waals surface area contributed by atoms with Crippen LogP contribution in [0.1, 0.15) is 5.56 Å². The summed E-state index contributed by atoms with van der Waals surface area (Å²) in [7, 11) is 1.62. The Labute approximate surface area is 159 Å². The number of carbonyl (C=O) groups excluding carboxylic acids is 1. The van der Waals surface area contributed by atoms with E-state index in [0.29, 0.717) is 18.1 Å². The van der Waals surface area contributed by atoms with E-state index in [4.69, 9.17) is 10.5 Å². The fourth-order valence-corrected chi connectivity index (χ4v) is 3.36. The minimum Gasteiger partial charge on any atom is -0.497 e. The van der Waals surface area contributed by atoms with Crippen molar-refractivity contribution in [2.24, 2.45) is 5.73 Å². The van der Waals surface area contributed by atoms with Crippen LogP contribution in [0.15, 0.2) is 53.4 Å². The van der Waals surface area contributed by atoms with Gasteiger partial charge in [0, 0.05) is 11.1 Å². The van der Waals surface area contributed by atoms with Crippen molar-refractivity contribution in [2.45, 2.75) is 6.54 Å². The number of anilines is 1. The lowest BCUT2D eigenvalue weighted by atomic mass is 10.2. The van der Waals surface area contributed by atoms with Crippen LogP contribution in [0.25, 0.3) is 22.6 Å². The SMILES string of the molecule is COc1ccc(CN(C(N)=O)c2ccc3nc(-c4cscn4)[nH]c3c2)cc1. The topological polar surface area (TPSA) is 97.1 Å². The molecule has 0 aliphatic heterocycles. The van der Waals surface area contributed by atoms with E-state index in [0.717, 1.165) is 28.0 Å². The summed E-state index contributed by atoms with van der Waals surface area (Å²) in [5.41, 5.74) is 11.4. The number of fused-ring (bicyclic) bond motifs is 1. The molecule has 0 aliphatic carbocycles. The van der Waals surface area contributed by atoms with Crippen molar-refractivity contribution < 1.29 is 9.53 Å². The number of carbonyl (C=O) groups is 1. The Morgan fingerprint density at radius 3 is 2.74 bits per heavy atom. The van der Waals surface area contributed by atoms with Gasteiger partial charge in [0.05, 0.1) is 30.2 Å². The van der Waals surface area contributed by atoms with Crippen LogP contribution in [0.5, 0.6) is 5.75 Å². The molecule has 4 aromatic rings. The number of nitrogens with zero attached hydrogens (tertiary/aromatic N) is 3. The number of imidazole rings is 1. The highest BCUT2D eigenvalue weighted by Gasteiger charge is 2.15. The van der Waals surface area contributed by atoms with Gasteiger partial charge in [-0.1, -0.05) is 12.1 Å². The molecule has 4 rings (SSSR count). The molecule has 7 nitrogen and oxygen atoms in total. The van der Waals surface area contributed by atoms with Crippen LogP contribution in [0, 0.1) is 0 Å². The predicted octanol–water partition coefficient (Wildman–Crippen LogP) is 3.78. The molecule has 136 valence electrons. The monoisotopic (exact) mass is 379 g/mol. The molecule has 2 aromatic carbocycles. The van der Waals surface area contributed by atoms with Crippen LogP contribution in [-0.4, -0.2) is 28.1 Å². The van der Waals surface area contributed by atoms with Crippen LogP contribution in [0.3, 0.4) is 0 Å². The number of hydrogen-bond donors (Lipinski definition) is 2. The lowest BCUT2D eigenvalue weighted by molar-refractivity contribution is 0.253. The molecule has 2 heterocycles. The van der Waals surface area contributed by atoms with Crippen molar-refractivity contribution in [3.05, 3.63) is 58.9 Å². The van der Waals surface area contributed by atoms with Gasteiger partial charge < -0.3 is 15.5 Å². The van der Waals surface area contributed by atoms with Crippen LogP contribution in [-0.2, 0) is 6.54 Å². The molecule has 3 N–H and O–H groups in total. The molecule has 0 fully saturated rings. The summed E-state index contributed by atoms with van der Waals surface area (Å²) in [4.78, 5) is 25.6. The number of methoxy groups -OCH3 is 1. The summed E-state index contributed by atoms with van der Waals surface area (Å²) in [6, 6.07) is 12.6. The lowest BCUT2D eigenvalue weighted by Crippen LogP contribution is -2.35. The number of hydrogen-bond acceptors (Lipinski definition) is 5. The fraction of sp³-hybridized carbons (Fsp3) is 0.105. The average molecular weight is 379 g/mol. The molecule has 2 amide bonds. The third kappa shape index (κ3) is 3.47. The molecule has 0 bridgehead atoms. The van der Waals surface area contributed by atoms with E-state index in [9.17, 15) is 4.79 Å². The average Bonchev–Trinajstić information content (AvgIpc) is 3.35. The number of rotatable bonds is 5. The summed E-state index contributed by atoms with van der Waals surface area (Å²) >= 11 is 1.51. The van der Waals surface area contributed by atoms with Crippen LogP contribution in [0.2, 0.25) is 0 Å². The second-order valence-electron chi connectivity index (χ2n) is 5.93. The lowest BCUT2D eigenvalue weighted by Gasteiger charge is -2.20. The minimum atomic E-state index is -0.524. The number of nitrogens with two attached hydrogens (primary N) is 1. The van der Waals surface area contributed by atoms with Crippen molar-refractivity contribution in [1.29, 1.82) is 0 Å². The van der Waals surface area contributed by atoms with Crippen molar-refractivity contribution in [3.63, 3.8) is 0 Å². The highest BCUT2D eigenvalue weighted by Crippen LogP contribution is 2.26. The zero-order valence-electron chi connectivity index (χ0n) is 14.5. The van der Waals surface area contributed by atoms with Crippen molar-refractivity contribution in [3.8, 4) is 17.3 Å². The molecule has 0 atom stereocenters. The maximum atomic E-state index is 12.0. The number of benzene rings is 2. The second-order valence-corrected chi connectivity index (χ2v) is 6.65. The summed E-state index contributed by atoms with van der Waals surface area (Å²) in [5.74, 6) is 1.46. The van der Waals surface area contributed by atoms with E-state index < -0.39 is 6.03 Å². The molecule has 0 spiro atoms. The Bertz CT molecular complexity index is 1070. The van der Waals surface area contributed by atoms with Gasteiger partial charge in [-0.3, -0.25) is 4.90 Å². The first kappa shape index (κ1) is 17.0. The summed E-state index contributed by atoms with van der Waals surface area (Å²) < 4.78 is 5.17. The molecular weight excluding hydrogens is 362 g/mol. The minimum absolute atomic E-state index is 0.359. The van der Waals surface area contributed by atoms with Gasteiger partial charge in [0.1, 0.15) is 11.4 Å². The number of H-pyrrole nitrogens is 1. The molecule has 0 aliphatic rings. The number of urea groups is 1.